The van der Waals surface area contributed by atoms with Gasteiger partial charge < -0.3 is 9.64 Å². The molecule has 2 fully saturated rings. The van der Waals surface area contributed by atoms with Crippen LogP contribution in [0.25, 0.3) is 5.78 Å². The summed E-state index contributed by atoms with van der Waals surface area (Å²) < 4.78 is 7.15. The summed E-state index contributed by atoms with van der Waals surface area (Å²) in [5.41, 5.74) is 0.430. The van der Waals surface area contributed by atoms with Gasteiger partial charge in [0, 0.05) is 44.6 Å². The number of piperidine rings is 1. The molecule has 0 spiro atoms. The normalized spacial score (nSPS) is 21.2. The van der Waals surface area contributed by atoms with E-state index < -0.39 is 0 Å². The van der Waals surface area contributed by atoms with Crippen LogP contribution < -0.4 is 0 Å². The Labute approximate surface area is 157 Å². The number of nitrogens with zero attached hydrogens (tertiary/aromatic N) is 5. The Morgan fingerprint density at radius 3 is 2.69 bits per heavy atom. The van der Waals surface area contributed by atoms with Gasteiger partial charge in [-0.15, -0.1) is 0 Å². The van der Waals surface area contributed by atoms with Gasteiger partial charge in [0.15, 0.2) is 0 Å². The topological polar surface area (TPSA) is 63.0 Å². The molecule has 2 aliphatic heterocycles. The van der Waals surface area contributed by atoms with Crippen LogP contribution in [-0.2, 0) is 4.74 Å². The quantitative estimate of drug-likeness (QED) is 0.818. The predicted molar refractivity (Wildman–Crippen MR) is 98.5 cm³/mol. The summed E-state index contributed by atoms with van der Waals surface area (Å²) in [6, 6.07) is 0.540. The van der Waals surface area contributed by atoms with Crippen molar-refractivity contribution in [2.75, 3.05) is 39.4 Å². The predicted octanol–water partition coefficient (Wildman–Crippen LogP) is 1.96. The lowest BCUT2D eigenvalue weighted by atomic mass is 9.89. The third-order valence-corrected chi connectivity index (χ3v) is 5.82. The first kappa shape index (κ1) is 17.7. The van der Waals surface area contributed by atoms with Crippen molar-refractivity contribution in [1.29, 1.82) is 0 Å². The molecular formula is C18H24ClN5O2. The molecule has 4 rings (SSSR count). The first-order valence-corrected chi connectivity index (χ1v) is 9.61. The van der Waals surface area contributed by atoms with E-state index in [1.165, 1.54) is 6.20 Å². The molecule has 0 radical (unpaired) electrons. The minimum absolute atomic E-state index is 0.0240. The number of ether oxygens (including phenoxy) is 1. The molecule has 140 valence electrons. The van der Waals surface area contributed by atoms with Gasteiger partial charge in [-0.1, -0.05) is 11.6 Å². The highest BCUT2D eigenvalue weighted by Gasteiger charge is 2.31. The summed E-state index contributed by atoms with van der Waals surface area (Å²) >= 11 is 5.95. The van der Waals surface area contributed by atoms with Crippen molar-refractivity contribution < 1.29 is 9.53 Å². The van der Waals surface area contributed by atoms with E-state index >= 15 is 0 Å². The number of halogens is 1. The zero-order chi connectivity index (χ0) is 18.1. The van der Waals surface area contributed by atoms with E-state index in [0.29, 0.717) is 28.5 Å². The Hall–Kier alpha value is -1.70. The largest absolute Gasteiger partial charge is 0.379 e. The van der Waals surface area contributed by atoms with Crippen LogP contribution in [0.2, 0.25) is 5.02 Å². The molecule has 0 bridgehead atoms. The minimum Gasteiger partial charge on any atom is -0.379 e. The minimum atomic E-state index is -0.0240. The van der Waals surface area contributed by atoms with Crippen LogP contribution in [0.1, 0.15) is 30.3 Å². The maximum Gasteiger partial charge on any atom is 0.274 e. The van der Waals surface area contributed by atoms with E-state index in [0.717, 1.165) is 52.2 Å². The second-order valence-electron chi connectivity index (χ2n) is 7.12. The van der Waals surface area contributed by atoms with Crippen molar-refractivity contribution in [3.63, 3.8) is 0 Å². The average Bonchev–Trinajstić information content (AvgIpc) is 3.11. The van der Waals surface area contributed by atoms with Gasteiger partial charge in [0.1, 0.15) is 5.69 Å². The third kappa shape index (κ3) is 3.56. The molecule has 0 unspecified atom stereocenters. The third-order valence-electron chi connectivity index (χ3n) is 5.63. The van der Waals surface area contributed by atoms with Crippen molar-refractivity contribution in [3.8, 4) is 0 Å². The number of morpholine rings is 1. The standard InChI is InChI=1S/C18H24ClN5O2/c1-13(22-6-8-26-9-7-22)14-2-4-23(5-3-14)17(25)16-12-24-11-15(19)10-20-18(24)21-16/h10-14H,2-9H2,1H3/t13-/m0/s1. The van der Waals surface area contributed by atoms with E-state index in [1.54, 1.807) is 16.8 Å². The Morgan fingerprint density at radius 2 is 1.96 bits per heavy atom. The molecule has 0 aliphatic carbocycles. The van der Waals surface area contributed by atoms with Gasteiger partial charge in [-0.25, -0.2) is 9.97 Å². The highest BCUT2D eigenvalue weighted by Crippen LogP contribution is 2.25. The zero-order valence-electron chi connectivity index (χ0n) is 15.0. The van der Waals surface area contributed by atoms with Crippen LogP contribution in [0.5, 0.6) is 0 Å². The SMILES string of the molecule is C[C@@H](C1CCN(C(=O)c2cn3cc(Cl)cnc3n2)CC1)N1CCOCC1. The smallest absolute Gasteiger partial charge is 0.274 e. The molecule has 4 heterocycles. The molecule has 2 aromatic rings. The average molecular weight is 378 g/mol. The van der Waals surface area contributed by atoms with Crippen LogP contribution in [0, 0.1) is 5.92 Å². The molecule has 8 heteroatoms. The summed E-state index contributed by atoms with van der Waals surface area (Å²) in [6.45, 7) is 7.54. The van der Waals surface area contributed by atoms with Crippen molar-refractivity contribution in [1.82, 2.24) is 24.2 Å². The molecule has 2 aliphatic rings. The van der Waals surface area contributed by atoms with Crippen LogP contribution in [-0.4, -0.2) is 75.5 Å². The highest BCUT2D eigenvalue weighted by atomic mass is 35.5. The number of carbonyl (C=O) groups excluding carboxylic acids is 1. The summed E-state index contributed by atoms with van der Waals surface area (Å²) in [7, 11) is 0. The number of hydrogen-bond donors (Lipinski definition) is 0. The number of hydrogen-bond acceptors (Lipinski definition) is 5. The van der Waals surface area contributed by atoms with Crippen molar-refractivity contribution in [2.45, 2.75) is 25.8 Å². The van der Waals surface area contributed by atoms with Gasteiger partial charge in [0.05, 0.1) is 24.4 Å². The first-order chi connectivity index (χ1) is 12.6. The molecule has 26 heavy (non-hydrogen) atoms. The molecule has 2 aromatic heterocycles. The van der Waals surface area contributed by atoms with E-state index in [2.05, 4.69) is 21.8 Å². The molecule has 0 N–H and O–H groups in total. The number of imidazole rings is 1. The molecular weight excluding hydrogens is 354 g/mol. The summed E-state index contributed by atoms with van der Waals surface area (Å²) in [6.07, 6.45) is 7.02. The summed E-state index contributed by atoms with van der Waals surface area (Å²) in [5, 5.41) is 0.520. The summed E-state index contributed by atoms with van der Waals surface area (Å²) in [4.78, 5) is 25.7. The Bertz CT molecular complexity index is 781. The van der Waals surface area contributed by atoms with Crippen LogP contribution in [0.15, 0.2) is 18.6 Å². The number of aromatic nitrogens is 3. The molecule has 7 nitrogen and oxygen atoms in total. The molecule has 2 saturated heterocycles. The summed E-state index contributed by atoms with van der Waals surface area (Å²) in [5.74, 6) is 1.09. The van der Waals surface area contributed by atoms with Crippen molar-refractivity contribution in [3.05, 3.63) is 29.3 Å². The molecule has 0 aromatic carbocycles. The lowest BCUT2D eigenvalue weighted by Gasteiger charge is -2.40. The van der Waals surface area contributed by atoms with E-state index in [1.807, 2.05) is 4.90 Å². The highest BCUT2D eigenvalue weighted by molar-refractivity contribution is 6.30. The van der Waals surface area contributed by atoms with E-state index in [4.69, 9.17) is 16.3 Å². The number of rotatable bonds is 3. The fraction of sp³-hybridized carbons (Fsp3) is 0.611. The molecule has 0 saturated carbocycles. The number of likely N-dealkylation sites (tertiary alicyclic amines) is 1. The fourth-order valence-corrected chi connectivity index (χ4v) is 4.15. The van der Waals surface area contributed by atoms with Gasteiger partial charge in [-0.05, 0) is 25.7 Å². The Kier molecular flexibility index (Phi) is 5.11. The van der Waals surface area contributed by atoms with Crippen molar-refractivity contribution in [2.24, 2.45) is 5.92 Å². The lowest BCUT2D eigenvalue weighted by Crippen LogP contribution is -2.49. The van der Waals surface area contributed by atoms with Crippen LogP contribution >= 0.6 is 11.6 Å². The van der Waals surface area contributed by atoms with Gasteiger partial charge in [-0.2, -0.15) is 0 Å². The Balaban J connectivity index is 1.38. The van der Waals surface area contributed by atoms with Gasteiger partial charge >= 0.3 is 0 Å². The van der Waals surface area contributed by atoms with Crippen LogP contribution in [0.3, 0.4) is 0 Å². The van der Waals surface area contributed by atoms with Crippen molar-refractivity contribution >= 4 is 23.3 Å². The number of fused-ring (bicyclic) bond motifs is 1. The Morgan fingerprint density at radius 1 is 1.23 bits per heavy atom. The van der Waals surface area contributed by atoms with Gasteiger partial charge in [0.25, 0.3) is 5.91 Å². The lowest BCUT2D eigenvalue weighted by molar-refractivity contribution is -0.000982. The number of carbonyl (C=O) groups is 1. The van der Waals surface area contributed by atoms with Crippen LogP contribution in [0.4, 0.5) is 0 Å². The molecule has 1 amide bonds. The zero-order valence-corrected chi connectivity index (χ0v) is 15.7. The molecule has 1 atom stereocenters. The number of amides is 1. The maximum atomic E-state index is 12.8. The van der Waals surface area contributed by atoms with Gasteiger partial charge in [0.2, 0.25) is 5.78 Å². The fourth-order valence-electron chi connectivity index (χ4n) is 3.99. The first-order valence-electron chi connectivity index (χ1n) is 9.23. The monoisotopic (exact) mass is 377 g/mol. The van der Waals surface area contributed by atoms with E-state index in [-0.39, 0.29) is 5.91 Å². The van der Waals surface area contributed by atoms with Gasteiger partial charge in [-0.3, -0.25) is 14.1 Å². The second-order valence-corrected chi connectivity index (χ2v) is 7.56. The second kappa shape index (κ2) is 7.50. The van der Waals surface area contributed by atoms with E-state index in [9.17, 15) is 4.79 Å². The maximum absolute atomic E-state index is 12.8.